The zero-order valence-electron chi connectivity index (χ0n) is 17.6. The van der Waals surface area contributed by atoms with Gasteiger partial charge in [-0.1, -0.05) is 13.3 Å². The molecular formula is C21H29BN4O4. The number of aromatic amines is 1. The topological polar surface area (TPSA) is 108 Å². The molecule has 0 aromatic carbocycles. The lowest BCUT2D eigenvalue weighted by atomic mass is 9.84. The molecule has 0 saturated carbocycles. The first-order chi connectivity index (χ1) is 14.5. The maximum absolute atomic E-state index is 12.6. The molecule has 160 valence electrons. The summed E-state index contributed by atoms with van der Waals surface area (Å²) in [4.78, 5) is 34.0. The number of pyridine rings is 1. The minimum Gasteiger partial charge on any atom is -0.476 e. The van der Waals surface area contributed by atoms with Crippen LogP contribution in [0.25, 0.3) is 0 Å². The van der Waals surface area contributed by atoms with Gasteiger partial charge < -0.3 is 24.9 Å². The van der Waals surface area contributed by atoms with E-state index in [1.54, 1.807) is 25.2 Å². The van der Waals surface area contributed by atoms with Crippen molar-refractivity contribution >= 4 is 24.4 Å². The van der Waals surface area contributed by atoms with Gasteiger partial charge in [0.05, 0.1) is 23.0 Å². The number of anilines is 1. The fraction of sp³-hybridized carbons (Fsp3) is 0.476. The number of ketones is 1. The van der Waals surface area contributed by atoms with E-state index in [9.17, 15) is 14.6 Å². The van der Waals surface area contributed by atoms with Crippen molar-refractivity contribution in [1.29, 1.82) is 0 Å². The van der Waals surface area contributed by atoms with Crippen molar-refractivity contribution in [3.63, 3.8) is 0 Å². The molecule has 0 aliphatic heterocycles. The predicted molar refractivity (Wildman–Crippen MR) is 116 cm³/mol. The van der Waals surface area contributed by atoms with Gasteiger partial charge in [0, 0.05) is 30.9 Å². The summed E-state index contributed by atoms with van der Waals surface area (Å²) < 4.78 is 5.66. The van der Waals surface area contributed by atoms with Crippen molar-refractivity contribution in [2.75, 3.05) is 25.0 Å². The summed E-state index contributed by atoms with van der Waals surface area (Å²) in [6.07, 6.45) is 7.28. The number of aromatic nitrogens is 2. The Morgan fingerprint density at radius 3 is 2.90 bits per heavy atom. The van der Waals surface area contributed by atoms with Crippen LogP contribution in [0.2, 0.25) is 6.82 Å². The summed E-state index contributed by atoms with van der Waals surface area (Å²) in [5, 5.41) is 12.6. The molecular weight excluding hydrogens is 383 g/mol. The molecule has 0 atom stereocenters. The molecule has 2 heterocycles. The molecule has 0 unspecified atom stereocenters. The van der Waals surface area contributed by atoms with Gasteiger partial charge in [-0.15, -0.1) is 0 Å². The molecule has 3 rings (SSSR count). The van der Waals surface area contributed by atoms with Crippen LogP contribution in [0.5, 0.6) is 5.88 Å². The summed E-state index contributed by atoms with van der Waals surface area (Å²) >= 11 is 0. The smallest absolute Gasteiger partial charge is 0.376 e. The fourth-order valence-electron chi connectivity index (χ4n) is 3.56. The quantitative estimate of drug-likeness (QED) is 0.518. The maximum Gasteiger partial charge on any atom is 0.376 e. The summed E-state index contributed by atoms with van der Waals surface area (Å²) in [7, 11) is -0.517. The molecule has 2 aromatic rings. The Bertz CT molecular complexity index is 866. The van der Waals surface area contributed by atoms with Crippen LogP contribution in [0.4, 0.5) is 5.69 Å². The molecule has 0 bridgehead atoms. The highest BCUT2D eigenvalue weighted by Gasteiger charge is 2.25. The summed E-state index contributed by atoms with van der Waals surface area (Å²) in [5.41, 5.74) is 2.25. The van der Waals surface area contributed by atoms with Gasteiger partial charge in [-0.3, -0.25) is 9.59 Å². The highest BCUT2D eigenvalue weighted by Crippen LogP contribution is 2.25. The molecule has 0 spiro atoms. The maximum atomic E-state index is 12.6. The number of aryl methyl sites for hydroxylation is 1. The number of amides is 1. The number of hydrogen-bond donors (Lipinski definition) is 3. The number of nitrogens with one attached hydrogen (secondary N) is 2. The van der Waals surface area contributed by atoms with Crippen LogP contribution in [0.1, 0.15) is 59.0 Å². The molecule has 30 heavy (non-hydrogen) atoms. The number of rotatable bonds is 10. The largest absolute Gasteiger partial charge is 0.476 e. The van der Waals surface area contributed by atoms with Crippen molar-refractivity contribution in [3.05, 3.63) is 41.3 Å². The minimum atomic E-state index is -0.517. The molecule has 0 fully saturated rings. The van der Waals surface area contributed by atoms with Crippen LogP contribution in [0, 0.1) is 0 Å². The van der Waals surface area contributed by atoms with Crippen molar-refractivity contribution in [3.8, 4) is 5.88 Å². The third-order valence-electron chi connectivity index (χ3n) is 5.27. The van der Waals surface area contributed by atoms with E-state index < -0.39 is 7.05 Å². The second-order valence-electron chi connectivity index (χ2n) is 7.54. The normalized spacial score (nSPS) is 13.3. The monoisotopic (exact) mass is 412 g/mol. The summed E-state index contributed by atoms with van der Waals surface area (Å²) in [5.74, 6) is 0.125. The average molecular weight is 412 g/mol. The fourth-order valence-corrected chi connectivity index (χ4v) is 3.56. The highest BCUT2D eigenvalue weighted by molar-refractivity contribution is 6.45. The number of H-pyrrole nitrogens is 1. The molecule has 0 saturated heterocycles. The van der Waals surface area contributed by atoms with Gasteiger partial charge in [-0.05, 0) is 38.7 Å². The number of fused-ring (bicyclic) bond motifs is 1. The van der Waals surface area contributed by atoms with Gasteiger partial charge in [0.2, 0.25) is 5.88 Å². The van der Waals surface area contributed by atoms with Gasteiger partial charge in [0.25, 0.3) is 5.91 Å². The number of carbonyl (C=O) groups is 2. The second-order valence-corrected chi connectivity index (χ2v) is 7.54. The second kappa shape index (κ2) is 10.4. The van der Waals surface area contributed by atoms with Crippen molar-refractivity contribution < 1.29 is 19.3 Å². The van der Waals surface area contributed by atoms with E-state index in [2.05, 4.69) is 22.2 Å². The van der Waals surface area contributed by atoms with E-state index in [-0.39, 0.29) is 11.7 Å². The van der Waals surface area contributed by atoms with Crippen LogP contribution in [0.3, 0.4) is 0 Å². The third kappa shape index (κ3) is 5.49. The zero-order valence-corrected chi connectivity index (χ0v) is 17.6. The Labute approximate surface area is 177 Å². The first-order valence-corrected chi connectivity index (χ1v) is 10.5. The lowest BCUT2D eigenvalue weighted by Crippen LogP contribution is -2.40. The van der Waals surface area contributed by atoms with E-state index in [0.717, 1.165) is 37.9 Å². The number of unbranched alkanes of at least 4 members (excludes halogenated alkanes) is 1. The van der Waals surface area contributed by atoms with Gasteiger partial charge in [0.15, 0.2) is 5.78 Å². The molecule has 1 aliphatic rings. The first-order valence-electron chi connectivity index (χ1n) is 10.5. The number of Topliss-reactive ketones (excluding diaryl/α,β-unsaturated/α-hetero) is 1. The Kier molecular flexibility index (Phi) is 7.65. The van der Waals surface area contributed by atoms with Gasteiger partial charge >= 0.3 is 7.05 Å². The molecule has 2 aromatic heterocycles. The lowest BCUT2D eigenvalue weighted by Gasteiger charge is -2.22. The SMILES string of the molecule is CCCCN(CCOc1ccc(NC(=O)c2c[nH]c3c2C(=O)CCC3)cn1)B(C)O. The number of carbonyl (C=O) groups excluding carboxylic acids is 2. The van der Waals surface area contributed by atoms with Gasteiger partial charge in [0.1, 0.15) is 6.61 Å². The molecule has 3 N–H and O–H groups in total. The van der Waals surface area contributed by atoms with Crippen molar-refractivity contribution in [2.24, 2.45) is 0 Å². The van der Waals surface area contributed by atoms with Crippen molar-refractivity contribution in [1.82, 2.24) is 14.8 Å². The van der Waals surface area contributed by atoms with E-state index in [1.807, 2.05) is 4.81 Å². The summed E-state index contributed by atoms with van der Waals surface area (Å²) in [6.45, 7) is 5.70. The molecule has 1 amide bonds. The summed E-state index contributed by atoms with van der Waals surface area (Å²) in [6, 6.07) is 3.40. The lowest BCUT2D eigenvalue weighted by molar-refractivity contribution is 0.0956. The molecule has 8 nitrogen and oxygen atoms in total. The molecule has 9 heteroatoms. The number of ether oxygens (including phenoxy) is 1. The third-order valence-corrected chi connectivity index (χ3v) is 5.27. The van der Waals surface area contributed by atoms with Crippen LogP contribution in [-0.2, 0) is 6.42 Å². The van der Waals surface area contributed by atoms with Gasteiger partial charge in [-0.2, -0.15) is 0 Å². The Morgan fingerprint density at radius 2 is 2.20 bits per heavy atom. The standard InChI is InChI=1S/C21H29BN4O4/c1-3-4-10-26(22(2)29)11-12-30-19-9-8-15(13-24-19)25-21(28)16-14-23-17-6-5-7-18(27)20(16)17/h8-9,13-14,23,29H,3-7,10-12H2,1-2H3,(H,25,28). The van der Waals surface area contributed by atoms with Crippen LogP contribution < -0.4 is 10.1 Å². The highest BCUT2D eigenvalue weighted by atomic mass is 16.5. The van der Waals surface area contributed by atoms with Crippen LogP contribution >= 0.6 is 0 Å². The van der Waals surface area contributed by atoms with E-state index >= 15 is 0 Å². The Hall–Kier alpha value is -2.65. The van der Waals surface area contributed by atoms with Crippen molar-refractivity contribution in [2.45, 2.75) is 45.9 Å². The number of hydrogen-bond acceptors (Lipinski definition) is 6. The number of nitrogens with zero attached hydrogens (tertiary/aromatic N) is 2. The first kappa shape index (κ1) is 22.0. The zero-order chi connectivity index (χ0) is 21.5. The Balaban J connectivity index is 1.53. The minimum absolute atomic E-state index is 0.00898. The van der Waals surface area contributed by atoms with E-state index in [4.69, 9.17) is 4.74 Å². The van der Waals surface area contributed by atoms with Crippen LogP contribution in [0.15, 0.2) is 24.5 Å². The van der Waals surface area contributed by atoms with E-state index in [1.165, 1.54) is 6.20 Å². The van der Waals surface area contributed by atoms with Gasteiger partial charge in [-0.25, -0.2) is 4.98 Å². The van der Waals surface area contributed by atoms with E-state index in [0.29, 0.717) is 42.3 Å². The Morgan fingerprint density at radius 1 is 1.37 bits per heavy atom. The molecule has 1 aliphatic carbocycles. The molecule has 0 radical (unpaired) electrons. The average Bonchev–Trinajstić information content (AvgIpc) is 3.17. The van der Waals surface area contributed by atoms with Crippen LogP contribution in [-0.4, -0.2) is 58.2 Å². The predicted octanol–water partition coefficient (Wildman–Crippen LogP) is 2.77.